The van der Waals surface area contributed by atoms with E-state index in [1.165, 1.54) is 31.4 Å². The summed E-state index contributed by atoms with van der Waals surface area (Å²) in [6.45, 7) is 0. The molecule has 0 aliphatic heterocycles. The summed E-state index contributed by atoms with van der Waals surface area (Å²) in [4.78, 5) is 0. The smallest absolute Gasteiger partial charge is 0.159 e. The first-order valence-corrected chi connectivity index (χ1v) is 10.0. The maximum absolute atomic E-state index is 15.3. The highest BCUT2D eigenvalue weighted by Gasteiger charge is 2.23. The lowest BCUT2D eigenvalue weighted by atomic mass is 9.85. The minimum absolute atomic E-state index is 0.0852. The van der Waals surface area contributed by atoms with E-state index in [0.29, 0.717) is 22.1 Å². The van der Waals surface area contributed by atoms with Crippen molar-refractivity contribution < 1.29 is 26.7 Å². The van der Waals surface area contributed by atoms with E-state index in [9.17, 15) is 13.2 Å². The van der Waals surface area contributed by atoms with Crippen LogP contribution in [0.5, 0.6) is 5.75 Å². The molecule has 0 amide bonds. The monoisotopic (exact) mass is 450 g/mol. The van der Waals surface area contributed by atoms with Gasteiger partial charge in [0.05, 0.1) is 7.11 Å². The van der Waals surface area contributed by atoms with Crippen LogP contribution in [0.3, 0.4) is 0 Å². The van der Waals surface area contributed by atoms with E-state index in [4.69, 9.17) is 4.74 Å². The molecule has 0 saturated heterocycles. The van der Waals surface area contributed by atoms with Gasteiger partial charge in [-0.2, -0.15) is 0 Å². The first-order chi connectivity index (χ1) is 15.9. The van der Waals surface area contributed by atoms with Crippen LogP contribution in [-0.2, 0) is 0 Å². The van der Waals surface area contributed by atoms with E-state index in [0.717, 1.165) is 24.3 Å². The Morgan fingerprint density at radius 1 is 0.515 bits per heavy atom. The number of halogens is 5. The van der Waals surface area contributed by atoms with Gasteiger partial charge in [-0.15, -0.1) is 0 Å². The van der Waals surface area contributed by atoms with Crippen LogP contribution in [0, 0.1) is 29.1 Å². The second-order valence-electron chi connectivity index (χ2n) is 7.58. The molecule has 0 aromatic heterocycles. The van der Waals surface area contributed by atoms with Crippen molar-refractivity contribution in [3.05, 3.63) is 102 Å². The first kappa shape index (κ1) is 20.9. The Balaban J connectivity index is 2.02. The van der Waals surface area contributed by atoms with Gasteiger partial charge in [0.2, 0.25) is 0 Å². The molecule has 5 rings (SSSR count). The number of hydrogen-bond donors (Lipinski definition) is 0. The van der Waals surface area contributed by atoms with Gasteiger partial charge in [-0.05, 0) is 70.4 Å². The molecule has 0 heterocycles. The van der Waals surface area contributed by atoms with Gasteiger partial charge >= 0.3 is 0 Å². The van der Waals surface area contributed by atoms with Crippen LogP contribution in [0.15, 0.2) is 72.8 Å². The maximum Gasteiger partial charge on any atom is 0.159 e. The summed E-state index contributed by atoms with van der Waals surface area (Å²) in [5, 5.41) is 0.478. The van der Waals surface area contributed by atoms with Crippen molar-refractivity contribution in [1.29, 1.82) is 0 Å². The average molecular weight is 450 g/mol. The molecule has 0 N–H and O–H groups in total. The Morgan fingerprint density at radius 2 is 1.09 bits per heavy atom. The fourth-order valence-corrected chi connectivity index (χ4v) is 4.26. The number of fused-ring (bicyclic) bond motifs is 2. The number of rotatable bonds is 3. The van der Waals surface area contributed by atoms with Gasteiger partial charge in [0.1, 0.15) is 23.2 Å². The molecule has 0 unspecified atom stereocenters. The first-order valence-electron chi connectivity index (χ1n) is 10.0. The summed E-state index contributed by atoms with van der Waals surface area (Å²) in [5.74, 6) is -3.69. The predicted molar refractivity (Wildman–Crippen MR) is 119 cm³/mol. The highest BCUT2D eigenvalue weighted by molar-refractivity contribution is 6.21. The minimum atomic E-state index is -1.13. The standard InChI is InChI=1S/C27H15F5O/c1-33-17-6-2-14(3-7-17)24-19-13-16(28)5-8-18(19)25(15-4-9-20(29)23(32)12-15)27-22(31)11-10-21(30)26(24)27/h2-13H,1H3. The van der Waals surface area contributed by atoms with Gasteiger partial charge in [-0.1, -0.05) is 24.3 Å². The Bertz CT molecular complexity index is 1540. The highest BCUT2D eigenvalue weighted by atomic mass is 19.2. The molecule has 5 aromatic rings. The predicted octanol–water partition coefficient (Wildman–Crippen LogP) is 8.03. The van der Waals surface area contributed by atoms with Crippen molar-refractivity contribution in [2.75, 3.05) is 7.11 Å². The highest BCUT2D eigenvalue weighted by Crippen LogP contribution is 2.46. The molecule has 0 saturated carbocycles. The van der Waals surface area contributed by atoms with Crippen LogP contribution < -0.4 is 4.74 Å². The van der Waals surface area contributed by atoms with Gasteiger partial charge < -0.3 is 4.74 Å². The fourth-order valence-electron chi connectivity index (χ4n) is 4.26. The summed E-state index contributed by atoms with van der Waals surface area (Å²) in [6, 6.07) is 15.6. The largest absolute Gasteiger partial charge is 0.497 e. The van der Waals surface area contributed by atoms with Crippen LogP contribution in [-0.4, -0.2) is 7.11 Å². The van der Waals surface area contributed by atoms with Crippen LogP contribution in [0.1, 0.15) is 0 Å². The normalized spacial score (nSPS) is 11.3. The van der Waals surface area contributed by atoms with E-state index < -0.39 is 29.1 Å². The molecular formula is C27H15F5O. The Kier molecular flexibility index (Phi) is 5.01. The number of benzene rings is 5. The Morgan fingerprint density at radius 3 is 1.70 bits per heavy atom. The molecule has 0 atom stereocenters. The van der Waals surface area contributed by atoms with Crippen molar-refractivity contribution in [3.8, 4) is 28.0 Å². The zero-order chi connectivity index (χ0) is 23.3. The molecule has 1 nitrogen and oxygen atoms in total. The lowest BCUT2D eigenvalue weighted by Crippen LogP contribution is -1.97. The molecule has 164 valence electrons. The van der Waals surface area contributed by atoms with Gasteiger partial charge in [0.25, 0.3) is 0 Å². The van der Waals surface area contributed by atoms with E-state index in [1.54, 1.807) is 24.3 Å². The molecule has 0 bridgehead atoms. The van der Waals surface area contributed by atoms with Crippen molar-refractivity contribution in [1.82, 2.24) is 0 Å². The number of ether oxygens (including phenoxy) is 1. The topological polar surface area (TPSA) is 9.23 Å². The lowest BCUT2D eigenvalue weighted by molar-refractivity contribution is 0.415. The van der Waals surface area contributed by atoms with Gasteiger partial charge in [0.15, 0.2) is 11.6 Å². The van der Waals surface area contributed by atoms with Crippen LogP contribution >= 0.6 is 0 Å². The SMILES string of the molecule is COc1ccc(-c2c3cc(F)ccc3c(-c3ccc(F)c(F)c3)c3c(F)ccc(F)c23)cc1. The molecule has 0 radical (unpaired) electrons. The second kappa shape index (κ2) is 7.89. The van der Waals surface area contributed by atoms with E-state index in [1.807, 2.05) is 0 Å². The second-order valence-corrected chi connectivity index (χ2v) is 7.58. The Labute approximate surface area is 185 Å². The van der Waals surface area contributed by atoms with E-state index in [-0.39, 0.29) is 27.5 Å². The van der Waals surface area contributed by atoms with Gasteiger partial charge in [0, 0.05) is 21.9 Å². The molecule has 0 aliphatic rings. The third-order valence-corrected chi connectivity index (χ3v) is 5.71. The molecule has 33 heavy (non-hydrogen) atoms. The van der Waals surface area contributed by atoms with Crippen molar-refractivity contribution in [2.45, 2.75) is 0 Å². The van der Waals surface area contributed by atoms with Crippen molar-refractivity contribution in [3.63, 3.8) is 0 Å². The summed E-state index contributed by atoms with van der Waals surface area (Å²) in [6.07, 6.45) is 0. The van der Waals surface area contributed by atoms with Gasteiger partial charge in [-0.25, -0.2) is 22.0 Å². The lowest BCUT2D eigenvalue weighted by Gasteiger charge is -2.19. The quantitative estimate of drug-likeness (QED) is 0.200. The zero-order valence-corrected chi connectivity index (χ0v) is 17.2. The number of hydrogen-bond acceptors (Lipinski definition) is 1. The molecule has 0 fully saturated rings. The molecular weight excluding hydrogens is 435 g/mol. The van der Waals surface area contributed by atoms with E-state index >= 15 is 8.78 Å². The summed E-state index contributed by atoms with van der Waals surface area (Å²) >= 11 is 0. The molecule has 5 aromatic carbocycles. The van der Waals surface area contributed by atoms with Crippen LogP contribution in [0.2, 0.25) is 0 Å². The van der Waals surface area contributed by atoms with Crippen molar-refractivity contribution in [2.24, 2.45) is 0 Å². The molecule has 6 heteroatoms. The maximum atomic E-state index is 15.3. The molecule has 0 spiro atoms. The summed E-state index contributed by atoms with van der Waals surface area (Å²) < 4.78 is 77.9. The minimum Gasteiger partial charge on any atom is -0.497 e. The third-order valence-electron chi connectivity index (χ3n) is 5.71. The zero-order valence-electron chi connectivity index (χ0n) is 17.2. The average Bonchev–Trinajstić information content (AvgIpc) is 2.82. The Hall–Kier alpha value is -3.93. The van der Waals surface area contributed by atoms with E-state index in [2.05, 4.69) is 0 Å². The van der Waals surface area contributed by atoms with Crippen LogP contribution in [0.25, 0.3) is 43.8 Å². The summed E-state index contributed by atoms with van der Waals surface area (Å²) in [5.41, 5.74) is 1.08. The van der Waals surface area contributed by atoms with Crippen LogP contribution in [0.4, 0.5) is 22.0 Å². The van der Waals surface area contributed by atoms with Crippen molar-refractivity contribution >= 4 is 21.5 Å². The fraction of sp³-hybridized carbons (Fsp3) is 0.0370. The third kappa shape index (κ3) is 3.39. The molecule has 0 aliphatic carbocycles. The van der Waals surface area contributed by atoms with Gasteiger partial charge in [-0.3, -0.25) is 0 Å². The number of methoxy groups -OCH3 is 1. The summed E-state index contributed by atoms with van der Waals surface area (Å²) in [7, 11) is 1.50.